The Kier molecular flexibility index (Phi) is 7.37. The summed E-state index contributed by atoms with van der Waals surface area (Å²) < 4.78 is 32.5. The zero-order valence-electron chi connectivity index (χ0n) is 19.4. The number of hydrogen-bond donors (Lipinski definition) is 1. The fraction of sp³-hybridized carbons (Fsp3) is 0.407. The van der Waals surface area contributed by atoms with Crippen LogP contribution in [0.15, 0.2) is 72.5 Å². The quantitative estimate of drug-likeness (QED) is 0.485. The van der Waals surface area contributed by atoms with E-state index in [4.69, 9.17) is 10.5 Å². The second kappa shape index (κ2) is 10.2. The third kappa shape index (κ3) is 5.08. The summed E-state index contributed by atoms with van der Waals surface area (Å²) in [5.41, 5.74) is 8.75. The fourth-order valence-corrected chi connectivity index (χ4v) is 6.84. The van der Waals surface area contributed by atoms with Gasteiger partial charge in [0.25, 0.3) is 0 Å². The van der Waals surface area contributed by atoms with E-state index in [9.17, 15) is 8.42 Å². The van der Waals surface area contributed by atoms with E-state index in [1.165, 1.54) is 37.7 Å². The van der Waals surface area contributed by atoms with Crippen LogP contribution in [-0.4, -0.2) is 27.3 Å². The molecule has 0 spiro atoms. The first kappa shape index (κ1) is 23.7. The smallest absolute Gasteiger partial charge is 0.306 e. The Morgan fingerprint density at radius 3 is 2.21 bits per heavy atom. The lowest BCUT2D eigenvalue weighted by Crippen LogP contribution is -2.52. The van der Waals surface area contributed by atoms with Gasteiger partial charge < -0.3 is 10.5 Å². The molecule has 2 aromatic carbocycles. The highest BCUT2D eigenvalue weighted by atomic mass is 32.2. The topological polar surface area (TPSA) is 69.4 Å². The summed E-state index contributed by atoms with van der Waals surface area (Å²) in [6, 6.07) is 15.8. The highest BCUT2D eigenvalue weighted by Crippen LogP contribution is 2.36. The van der Waals surface area contributed by atoms with E-state index in [1.807, 2.05) is 55.5 Å². The lowest BCUT2D eigenvalue weighted by molar-refractivity contribution is 0.442. The van der Waals surface area contributed by atoms with E-state index in [1.54, 1.807) is 6.20 Å². The number of sulfonamides is 1. The number of nitrogens with two attached hydrogens (primary N) is 1. The third-order valence-electron chi connectivity index (χ3n) is 6.74. The molecule has 1 aliphatic heterocycles. The van der Waals surface area contributed by atoms with Gasteiger partial charge in [-0.3, -0.25) is 0 Å². The van der Waals surface area contributed by atoms with Crippen molar-refractivity contribution in [1.82, 2.24) is 3.89 Å². The fourth-order valence-electron chi connectivity index (χ4n) is 4.95. The summed E-state index contributed by atoms with van der Waals surface area (Å²) in [5.74, 6) is 2.25. The predicted molar refractivity (Wildman–Crippen MR) is 136 cm³/mol. The molecule has 2 N–H and O–H groups in total. The Morgan fingerprint density at radius 1 is 0.970 bits per heavy atom. The molecule has 0 aromatic heterocycles. The molecule has 1 unspecified atom stereocenters. The minimum Gasteiger partial charge on any atom is -0.457 e. The number of ether oxygens (including phenoxy) is 1. The monoisotopic (exact) mass is 467 g/mol. The van der Waals surface area contributed by atoms with Crippen LogP contribution in [0.1, 0.15) is 56.9 Å². The number of benzene rings is 2. The molecule has 0 radical (unpaired) electrons. The number of hydrogen-bond acceptors (Lipinski definition) is 4. The van der Waals surface area contributed by atoms with E-state index in [2.05, 4.69) is 12.1 Å². The molecule has 2 aromatic rings. The molecule has 176 valence electrons. The first-order valence-electron chi connectivity index (χ1n) is 12.0. The maximum Gasteiger partial charge on any atom is 0.306 e. The van der Waals surface area contributed by atoms with Crippen molar-refractivity contribution in [1.29, 1.82) is 0 Å². The molecule has 1 fully saturated rings. The summed E-state index contributed by atoms with van der Waals surface area (Å²) in [6.07, 6.45) is 12.7. The molecule has 1 atom stereocenters. The molecule has 5 nitrogen and oxygen atoms in total. The average molecular weight is 468 g/mol. The van der Waals surface area contributed by atoms with Crippen LogP contribution in [0.25, 0.3) is 0 Å². The van der Waals surface area contributed by atoms with Crippen LogP contribution in [0.2, 0.25) is 0 Å². The molecular formula is C27H35N2O3S+. The van der Waals surface area contributed by atoms with Crippen LogP contribution < -0.4 is 14.4 Å². The average Bonchev–Trinajstić information content (AvgIpc) is 2.85. The van der Waals surface area contributed by atoms with Crippen molar-refractivity contribution < 1.29 is 13.2 Å². The van der Waals surface area contributed by atoms with Crippen LogP contribution in [0.5, 0.6) is 11.5 Å². The first-order valence-corrected chi connectivity index (χ1v) is 13.7. The largest absolute Gasteiger partial charge is 0.457 e. The molecule has 0 amide bonds. The molecule has 2 aliphatic rings. The Hall–Kier alpha value is -2.41. The lowest BCUT2D eigenvalue weighted by Gasteiger charge is -2.34. The number of nitrogens with zero attached hydrogens (tertiary/aromatic N) is 1. The number of rotatable bonds is 8. The summed E-state index contributed by atoms with van der Waals surface area (Å²) in [6.45, 7) is 2.54. The van der Waals surface area contributed by atoms with Gasteiger partial charge in [0, 0.05) is 24.3 Å². The van der Waals surface area contributed by atoms with Crippen LogP contribution in [-0.2, 0) is 10.0 Å². The predicted octanol–water partition coefficient (Wildman–Crippen LogP) is 5.99. The zero-order valence-corrected chi connectivity index (χ0v) is 20.3. The van der Waals surface area contributed by atoms with Crippen molar-refractivity contribution in [2.75, 3.05) is 18.8 Å². The molecule has 33 heavy (non-hydrogen) atoms. The summed E-state index contributed by atoms with van der Waals surface area (Å²) >= 11 is 0. The van der Waals surface area contributed by atoms with Crippen LogP contribution in [0, 0.1) is 0 Å². The van der Waals surface area contributed by atoms with Crippen LogP contribution in [0.3, 0.4) is 0 Å². The number of quaternary nitrogens is 1. The van der Waals surface area contributed by atoms with Crippen molar-refractivity contribution in [2.45, 2.75) is 51.4 Å². The van der Waals surface area contributed by atoms with Gasteiger partial charge in [-0.25, -0.2) is 0 Å². The molecule has 6 heteroatoms. The normalized spacial score (nSPS) is 21.6. The maximum atomic E-state index is 13.3. The summed E-state index contributed by atoms with van der Waals surface area (Å²) in [5, 5.41) is 0. The summed E-state index contributed by atoms with van der Waals surface area (Å²) in [7, 11) is -3.46. The van der Waals surface area contributed by atoms with Gasteiger partial charge in [0.15, 0.2) is 5.69 Å². The van der Waals surface area contributed by atoms with Gasteiger partial charge in [-0.2, -0.15) is 12.3 Å². The Balaban J connectivity index is 1.55. The molecule has 1 saturated carbocycles. The SMILES string of the molecule is CCCS(=O)(=O)[N+]1(c2ccc(Oc3ccc(C4CCCCC4)cc3)cc2)C=C(CN)C=CC1. The van der Waals surface area contributed by atoms with Crippen LogP contribution in [0.4, 0.5) is 5.69 Å². The highest BCUT2D eigenvalue weighted by Gasteiger charge is 2.42. The minimum absolute atomic E-state index is 0.112. The van der Waals surface area contributed by atoms with Gasteiger partial charge in [-0.05, 0) is 61.1 Å². The van der Waals surface area contributed by atoms with Gasteiger partial charge >= 0.3 is 10.0 Å². The van der Waals surface area contributed by atoms with Crippen molar-refractivity contribution in [3.8, 4) is 11.5 Å². The highest BCUT2D eigenvalue weighted by molar-refractivity contribution is 7.91. The van der Waals surface area contributed by atoms with E-state index in [-0.39, 0.29) is 9.64 Å². The van der Waals surface area contributed by atoms with E-state index < -0.39 is 10.0 Å². The lowest BCUT2D eigenvalue weighted by atomic mass is 9.84. The molecule has 1 heterocycles. The van der Waals surface area contributed by atoms with Crippen molar-refractivity contribution >= 4 is 15.7 Å². The third-order valence-corrected chi connectivity index (χ3v) is 9.13. The van der Waals surface area contributed by atoms with Gasteiger partial charge in [0.1, 0.15) is 30.0 Å². The molecule has 0 bridgehead atoms. The molecular weight excluding hydrogens is 432 g/mol. The Labute approximate surface area is 198 Å². The minimum atomic E-state index is -3.46. The molecule has 4 rings (SSSR count). The van der Waals surface area contributed by atoms with Gasteiger partial charge in [0.05, 0.1) is 0 Å². The second-order valence-corrected chi connectivity index (χ2v) is 11.3. The van der Waals surface area contributed by atoms with Gasteiger partial charge in [0.2, 0.25) is 0 Å². The Bertz CT molecular complexity index is 1100. The maximum absolute atomic E-state index is 13.3. The molecule has 0 saturated heterocycles. The van der Waals surface area contributed by atoms with Crippen molar-refractivity contribution in [3.05, 3.63) is 78.0 Å². The standard InChI is InChI=1S/C27H35N2O3S/c1-2-19-33(30,31)29(18-6-7-22(20-28)21-29)25-12-16-27(17-13-25)32-26-14-10-24(11-15-26)23-8-4-3-5-9-23/h6-7,10-17,21,23H,2-5,8-9,18-20,28H2,1H3/q+1. The van der Waals surface area contributed by atoms with Crippen molar-refractivity contribution in [3.63, 3.8) is 0 Å². The zero-order chi connectivity index (χ0) is 23.3. The van der Waals surface area contributed by atoms with Gasteiger partial charge in [-0.15, -0.1) is 0 Å². The van der Waals surface area contributed by atoms with E-state index >= 15 is 0 Å². The van der Waals surface area contributed by atoms with E-state index in [0.717, 1.165) is 11.3 Å². The molecule has 1 aliphatic carbocycles. The Morgan fingerprint density at radius 2 is 1.61 bits per heavy atom. The van der Waals surface area contributed by atoms with E-state index in [0.29, 0.717) is 36.9 Å². The van der Waals surface area contributed by atoms with Crippen molar-refractivity contribution in [2.24, 2.45) is 5.73 Å². The van der Waals surface area contributed by atoms with Crippen LogP contribution >= 0.6 is 0 Å². The second-order valence-electron chi connectivity index (χ2n) is 9.07. The first-order chi connectivity index (χ1) is 16.0. The van der Waals surface area contributed by atoms with Gasteiger partial charge in [-0.1, -0.05) is 44.4 Å². The summed E-state index contributed by atoms with van der Waals surface area (Å²) in [4.78, 5) is 0.